The maximum absolute atomic E-state index is 9.67. The van der Waals surface area contributed by atoms with Gasteiger partial charge in [-0.1, -0.05) is 18.2 Å². The molecule has 2 N–H and O–H groups in total. The smallest absolute Gasteiger partial charge is 0.145 e. The lowest BCUT2D eigenvalue weighted by Crippen LogP contribution is -2.52. The molecule has 1 aliphatic carbocycles. The summed E-state index contributed by atoms with van der Waals surface area (Å²) in [4.78, 5) is 4.43. The lowest BCUT2D eigenvalue weighted by atomic mass is 9.80. The number of para-hydroxylation sites is 1. The number of aliphatic hydroxyl groups is 1. The van der Waals surface area contributed by atoms with Gasteiger partial charge in [0.25, 0.3) is 0 Å². The van der Waals surface area contributed by atoms with Gasteiger partial charge < -0.3 is 15.2 Å². The van der Waals surface area contributed by atoms with Crippen LogP contribution in [-0.4, -0.2) is 35.4 Å². The SMILES string of the molecule is CNC1(CO)CCCC(Oc2cccc3cccnc23)C1. The molecule has 0 bridgehead atoms. The first-order valence-corrected chi connectivity index (χ1v) is 7.56. The molecular weight excluding hydrogens is 264 g/mol. The number of hydrogen-bond donors (Lipinski definition) is 2. The molecule has 0 aliphatic heterocycles. The van der Waals surface area contributed by atoms with Gasteiger partial charge in [0, 0.05) is 23.5 Å². The summed E-state index contributed by atoms with van der Waals surface area (Å²) in [7, 11) is 1.91. The predicted octanol–water partition coefficient (Wildman–Crippen LogP) is 2.51. The van der Waals surface area contributed by atoms with E-state index in [4.69, 9.17) is 4.74 Å². The Kier molecular flexibility index (Phi) is 4.08. The molecule has 1 saturated carbocycles. The van der Waals surface area contributed by atoms with Crippen molar-refractivity contribution in [2.24, 2.45) is 0 Å². The van der Waals surface area contributed by atoms with E-state index < -0.39 is 0 Å². The van der Waals surface area contributed by atoms with Gasteiger partial charge in [-0.25, -0.2) is 0 Å². The van der Waals surface area contributed by atoms with Gasteiger partial charge in [0.2, 0.25) is 0 Å². The van der Waals surface area contributed by atoms with Crippen LogP contribution >= 0.6 is 0 Å². The second-order valence-corrected chi connectivity index (χ2v) is 5.86. The van der Waals surface area contributed by atoms with Crippen LogP contribution in [0.3, 0.4) is 0 Å². The summed E-state index contributed by atoms with van der Waals surface area (Å²) in [6.45, 7) is 0.150. The Morgan fingerprint density at radius 3 is 3.05 bits per heavy atom. The number of ether oxygens (including phenoxy) is 1. The van der Waals surface area contributed by atoms with Crippen molar-refractivity contribution < 1.29 is 9.84 Å². The monoisotopic (exact) mass is 286 g/mol. The van der Waals surface area contributed by atoms with Crippen LogP contribution in [0.5, 0.6) is 5.75 Å². The normalized spacial score (nSPS) is 25.9. The van der Waals surface area contributed by atoms with E-state index in [1.807, 2.05) is 37.4 Å². The molecule has 0 saturated heterocycles. The Labute approximate surface area is 125 Å². The van der Waals surface area contributed by atoms with Gasteiger partial charge in [-0.15, -0.1) is 0 Å². The third-order valence-corrected chi connectivity index (χ3v) is 4.52. The van der Waals surface area contributed by atoms with Gasteiger partial charge in [0.05, 0.1) is 6.61 Å². The molecule has 1 heterocycles. The van der Waals surface area contributed by atoms with E-state index in [1.54, 1.807) is 6.20 Å². The van der Waals surface area contributed by atoms with E-state index >= 15 is 0 Å². The molecule has 1 aromatic heterocycles. The van der Waals surface area contributed by atoms with Crippen LogP contribution < -0.4 is 10.1 Å². The second kappa shape index (κ2) is 6.00. The Morgan fingerprint density at radius 2 is 2.24 bits per heavy atom. The molecule has 1 aromatic carbocycles. The average molecular weight is 286 g/mol. The van der Waals surface area contributed by atoms with Crippen LogP contribution in [0, 0.1) is 0 Å². The van der Waals surface area contributed by atoms with Gasteiger partial charge in [-0.05, 0) is 38.4 Å². The number of nitrogens with zero attached hydrogens (tertiary/aromatic N) is 1. The number of aromatic nitrogens is 1. The van der Waals surface area contributed by atoms with E-state index in [-0.39, 0.29) is 18.2 Å². The molecule has 0 radical (unpaired) electrons. The van der Waals surface area contributed by atoms with Gasteiger partial charge in [0.1, 0.15) is 17.4 Å². The van der Waals surface area contributed by atoms with Crippen molar-refractivity contribution in [1.29, 1.82) is 0 Å². The lowest BCUT2D eigenvalue weighted by Gasteiger charge is -2.39. The predicted molar refractivity (Wildman–Crippen MR) is 83.5 cm³/mol. The first-order chi connectivity index (χ1) is 10.3. The van der Waals surface area contributed by atoms with Gasteiger partial charge in [0.15, 0.2) is 0 Å². The van der Waals surface area contributed by atoms with Crippen molar-refractivity contribution in [3.05, 3.63) is 36.5 Å². The minimum Gasteiger partial charge on any atom is -0.488 e. The van der Waals surface area contributed by atoms with E-state index in [9.17, 15) is 5.11 Å². The second-order valence-electron chi connectivity index (χ2n) is 5.86. The molecule has 21 heavy (non-hydrogen) atoms. The van der Waals surface area contributed by atoms with Crippen molar-refractivity contribution in [1.82, 2.24) is 10.3 Å². The van der Waals surface area contributed by atoms with Crippen LogP contribution in [0.15, 0.2) is 36.5 Å². The molecular formula is C17H22N2O2. The molecule has 1 aliphatic rings. The summed E-state index contributed by atoms with van der Waals surface area (Å²) < 4.78 is 6.21. The highest BCUT2D eigenvalue weighted by Crippen LogP contribution is 2.32. The van der Waals surface area contributed by atoms with E-state index in [1.165, 1.54) is 0 Å². The highest BCUT2D eigenvalue weighted by atomic mass is 16.5. The Balaban J connectivity index is 1.82. The molecule has 4 nitrogen and oxygen atoms in total. The first kappa shape index (κ1) is 14.3. The number of likely N-dealkylation sites (N-methyl/N-ethyl adjacent to an activating group) is 1. The molecule has 0 spiro atoms. The molecule has 1 fully saturated rings. The fourth-order valence-corrected chi connectivity index (χ4v) is 3.21. The third-order valence-electron chi connectivity index (χ3n) is 4.52. The number of hydrogen-bond acceptors (Lipinski definition) is 4. The van der Waals surface area contributed by atoms with Crippen molar-refractivity contribution in [3.8, 4) is 5.75 Å². The van der Waals surface area contributed by atoms with Crippen LogP contribution in [-0.2, 0) is 0 Å². The number of nitrogens with one attached hydrogen (secondary N) is 1. The third kappa shape index (κ3) is 2.87. The minimum atomic E-state index is -0.207. The largest absolute Gasteiger partial charge is 0.488 e. The minimum absolute atomic E-state index is 0.117. The topological polar surface area (TPSA) is 54.4 Å². The summed E-state index contributed by atoms with van der Waals surface area (Å²) in [5.74, 6) is 0.836. The number of pyridine rings is 1. The molecule has 4 heteroatoms. The summed E-state index contributed by atoms with van der Waals surface area (Å²) in [6, 6.07) is 10.00. The van der Waals surface area contributed by atoms with E-state index in [0.717, 1.165) is 42.3 Å². The summed E-state index contributed by atoms with van der Waals surface area (Å²) in [5.41, 5.74) is 0.700. The van der Waals surface area contributed by atoms with Crippen LogP contribution in [0.25, 0.3) is 10.9 Å². The maximum atomic E-state index is 9.67. The number of rotatable bonds is 4. The molecule has 2 aromatic rings. The summed E-state index contributed by atoms with van der Waals surface area (Å²) in [5, 5.41) is 14.0. The fraction of sp³-hybridized carbons (Fsp3) is 0.471. The van der Waals surface area contributed by atoms with Gasteiger partial charge >= 0.3 is 0 Å². The number of benzene rings is 1. The van der Waals surface area contributed by atoms with Crippen molar-refractivity contribution >= 4 is 10.9 Å². The highest BCUT2D eigenvalue weighted by Gasteiger charge is 2.35. The van der Waals surface area contributed by atoms with Gasteiger partial charge in [-0.2, -0.15) is 0 Å². The fourth-order valence-electron chi connectivity index (χ4n) is 3.21. The standard InChI is InChI=1S/C17H22N2O2/c1-18-17(12-20)9-3-7-14(11-17)21-15-8-2-5-13-6-4-10-19-16(13)15/h2,4-6,8,10,14,18,20H,3,7,9,11-12H2,1H3. The van der Waals surface area contributed by atoms with Crippen LogP contribution in [0.2, 0.25) is 0 Å². The van der Waals surface area contributed by atoms with Crippen LogP contribution in [0.4, 0.5) is 0 Å². The summed E-state index contributed by atoms with van der Waals surface area (Å²) >= 11 is 0. The molecule has 0 amide bonds. The lowest BCUT2D eigenvalue weighted by molar-refractivity contribution is 0.0561. The molecule has 3 rings (SSSR count). The maximum Gasteiger partial charge on any atom is 0.145 e. The highest BCUT2D eigenvalue weighted by molar-refractivity contribution is 5.84. The zero-order valence-corrected chi connectivity index (χ0v) is 12.4. The van der Waals surface area contributed by atoms with Crippen molar-refractivity contribution in [2.75, 3.05) is 13.7 Å². The first-order valence-electron chi connectivity index (χ1n) is 7.56. The Morgan fingerprint density at radius 1 is 1.38 bits per heavy atom. The zero-order chi connectivity index (χ0) is 14.7. The average Bonchev–Trinajstić information content (AvgIpc) is 2.55. The quantitative estimate of drug-likeness (QED) is 0.907. The van der Waals surface area contributed by atoms with Gasteiger partial charge in [-0.3, -0.25) is 4.98 Å². The van der Waals surface area contributed by atoms with Crippen molar-refractivity contribution in [3.63, 3.8) is 0 Å². The van der Waals surface area contributed by atoms with E-state index in [2.05, 4.69) is 10.3 Å². The van der Waals surface area contributed by atoms with Crippen molar-refractivity contribution in [2.45, 2.75) is 37.3 Å². The summed E-state index contributed by atoms with van der Waals surface area (Å²) in [6.07, 6.45) is 5.81. The Bertz CT molecular complexity index is 605. The Hall–Kier alpha value is -1.65. The molecule has 112 valence electrons. The molecule has 2 unspecified atom stereocenters. The van der Waals surface area contributed by atoms with E-state index in [0.29, 0.717) is 0 Å². The molecule has 2 atom stereocenters. The number of aliphatic hydroxyl groups excluding tert-OH is 1. The number of fused-ring (bicyclic) bond motifs is 1. The van der Waals surface area contributed by atoms with Crippen LogP contribution in [0.1, 0.15) is 25.7 Å². The zero-order valence-electron chi connectivity index (χ0n) is 12.4.